The normalized spacial score (nSPS) is 12.2. The number of rotatable bonds is 7. The van der Waals surface area contributed by atoms with Crippen LogP contribution in [0.3, 0.4) is 0 Å². The minimum atomic E-state index is -0.417. The number of halogens is 2. The van der Waals surface area contributed by atoms with Gasteiger partial charge in [-0.3, -0.25) is 4.79 Å². The van der Waals surface area contributed by atoms with Crippen LogP contribution >= 0.6 is 11.6 Å². The van der Waals surface area contributed by atoms with Crippen molar-refractivity contribution in [3.05, 3.63) is 34.6 Å². The van der Waals surface area contributed by atoms with Gasteiger partial charge < -0.3 is 10.2 Å². The van der Waals surface area contributed by atoms with E-state index in [9.17, 15) is 9.18 Å². The first-order chi connectivity index (χ1) is 9.49. The molecule has 112 valence electrons. The summed E-state index contributed by atoms with van der Waals surface area (Å²) in [7, 11) is 0. The molecule has 1 rings (SSSR count). The highest BCUT2D eigenvalue weighted by Crippen LogP contribution is 2.20. The van der Waals surface area contributed by atoms with Crippen LogP contribution in [0, 0.1) is 5.82 Å². The van der Waals surface area contributed by atoms with Gasteiger partial charge in [-0.15, -0.1) is 0 Å². The zero-order valence-electron chi connectivity index (χ0n) is 12.2. The molecule has 20 heavy (non-hydrogen) atoms. The van der Waals surface area contributed by atoms with Gasteiger partial charge in [-0.05, 0) is 38.5 Å². The molecule has 0 bridgehead atoms. The van der Waals surface area contributed by atoms with Crippen LogP contribution in [0.2, 0.25) is 5.02 Å². The van der Waals surface area contributed by atoms with Crippen molar-refractivity contribution in [1.29, 1.82) is 0 Å². The van der Waals surface area contributed by atoms with E-state index in [1.807, 2.05) is 20.8 Å². The van der Waals surface area contributed by atoms with Crippen LogP contribution in [0.5, 0.6) is 0 Å². The average molecular weight is 301 g/mol. The summed E-state index contributed by atoms with van der Waals surface area (Å²) in [5, 5.41) is 3.37. The van der Waals surface area contributed by atoms with Gasteiger partial charge >= 0.3 is 0 Å². The molecule has 1 unspecified atom stereocenters. The van der Waals surface area contributed by atoms with Crippen molar-refractivity contribution >= 4 is 17.5 Å². The van der Waals surface area contributed by atoms with Crippen LogP contribution in [-0.4, -0.2) is 30.4 Å². The third-order valence-electron chi connectivity index (χ3n) is 3.35. The van der Waals surface area contributed by atoms with Gasteiger partial charge in [0.1, 0.15) is 5.82 Å². The Kier molecular flexibility index (Phi) is 6.96. The Morgan fingerprint density at radius 1 is 1.40 bits per heavy atom. The van der Waals surface area contributed by atoms with E-state index in [0.717, 1.165) is 18.7 Å². The highest BCUT2D eigenvalue weighted by molar-refractivity contribution is 6.30. The fourth-order valence-electron chi connectivity index (χ4n) is 2.03. The molecule has 0 aliphatic rings. The van der Waals surface area contributed by atoms with Crippen LogP contribution in [0.4, 0.5) is 4.39 Å². The number of carbonyl (C=O) groups excluding carboxylic acids is 1. The molecule has 0 heterocycles. The molecule has 0 aliphatic carbocycles. The van der Waals surface area contributed by atoms with Crippen LogP contribution in [0.1, 0.15) is 38.8 Å². The SMILES string of the molecule is CCN(CC)C(=O)CCNC(C)c1ccc(F)c(Cl)c1. The zero-order valence-corrected chi connectivity index (χ0v) is 13.0. The Bertz CT molecular complexity index is 449. The van der Waals surface area contributed by atoms with Gasteiger partial charge in [0.2, 0.25) is 5.91 Å². The predicted molar refractivity (Wildman–Crippen MR) is 80.4 cm³/mol. The molecular formula is C15H22ClFN2O. The molecule has 1 N–H and O–H groups in total. The molecule has 0 saturated heterocycles. The van der Waals surface area contributed by atoms with Crippen molar-refractivity contribution in [2.75, 3.05) is 19.6 Å². The first-order valence-electron chi connectivity index (χ1n) is 6.95. The lowest BCUT2D eigenvalue weighted by Crippen LogP contribution is -2.33. The van der Waals surface area contributed by atoms with Crippen molar-refractivity contribution in [3.63, 3.8) is 0 Å². The van der Waals surface area contributed by atoms with Gasteiger partial charge in [0.15, 0.2) is 0 Å². The van der Waals surface area contributed by atoms with E-state index in [-0.39, 0.29) is 17.0 Å². The van der Waals surface area contributed by atoms with Crippen LogP contribution < -0.4 is 5.32 Å². The number of nitrogens with one attached hydrogen (secondary N) is 1. The number of nitrogens with zero attached hydrogens (tertiary/aromatic N) is 1. The van der Waals surface area contributed by atoms with Gasteiger partial charge in [0.05, 0.1) is 5.02 Å². The second-order valence-electron chi connectivity index (χ2n) is 4.67. The van der Waals surface area contributed by atoms with E-state index in [1.165, 1.54) is 6.07 Å². The summed E-state index contributed by atoms with van der Waals surface area (Å²) in [6, 6.07) is 4.69. The molecule has 0 aliphatic heterocycles. The van der Waals surface area contributed by atoms with E-state index in [4.69, 9.17) is 11.6 Å². The van der Waals surface area contributed by atoms with E-state index in [0.29, 0.717) is 13.0 Å². The summed E-state index contributed by atoms with van der Waals surface area (Å²) in [5.41, 5.74) is 0.909. The van der Waals surface area contributed by atoms with Crippen LogP contribution in [0.15, 0.2) is 18.2 Å². The van der Waals surface area contributed by atoms with Crippen LogP contribution in [0.25, 0.3) is 0 Å². The monoisotopic (exact) mass is 300 g/mol. The number of benzene rings is 1. The third-order valence-corrected chi connectivity index (χ3v) is 3.64. The summed E-state index contributed by atoms with van der Waals surface area (Å²) >= 11 is 5.76. The molecule has 0 saturated carbocycles. The van der Waals surface area contributed by atoms with Crippen molar-refractivity contribution in [1.82, 2.24) is 10.2 Å². The maximum atomic E-state index is 13.1. The summed E-state index contributed by atoms with van der Waals surface area (Å²) < 4.78 is 13.1. The molecule has 0 fully saturated rings. The predicted octanol–water partition coefficient (Wildman–Crippen LogP) is 3.39. The first-order valence-corrected chi connectivity index (χ1v) is 7.33. The van der Waals surface area contributed by atoms with E-state index >= 15 is 0 Å². The molecule has 1 aromatic rings. The summed E-state index contributed by atoms with van der Waals surface area (Å²) in [4.78, 5) is 13.6. The molecule has 1 amide bonds. The molecule has 0 aromatic heterocycles. The van der Waals surface area contributed by atoms with Gasteiger partial charge in [0.25, 0.3) is 0 Å². The van der Waals surface area contributed by atoms with Gasteiger partial charge in [0, 0.05) is 32.1 Å². The maximum absolute atomic E-state index is 13.1. The summed E-state index contributed by atoms with van der Waals surface area (Å²) in [6.45, 7) is 7.96. The quantitative estimate of drug-likeness (QED) is 0.837. The topological polar surface area (TPSA) is 32.3 Å². The van der Waals surface area contributed by atoms with Crippen LogP contribution in [-0.2, 0) is 4.79 Å². The van der Waals surface area contributed by atoms with E-state index in [2.05, 4.69) is 5.32 Å². The Labute approximate surface area is 125 Å². The summed E-state index contributed by atoms with van der Waals surface area (Å²) in [6.07, 6.45) is 0.459. The largest absolute Gasteiger partial charge is 0.343 e. The smallest absolute Gasteiger partial charge is 0.223 e. The fourth-order valence-corrected chi connectivity index (χ4v) is 2.22. The lowest BCUT2D eigenvalue weighted by molar-refractivity contribution is -0.130. The first kappa shape index (κ1) is 16.9. The third kappa shape index (κ3) is 4.76. The highest BCUT2D eigenvalue weighted by Gasteiger charge is 2.11. The van der Waals surface area contributed by atoms with Crippen molar-refractivity contribution < 1.29 is 9.18 Å². The fraction of sp³-hybridized carbons (Fsp3) is 0.533. The Hall–Kier alpha value is -1.13. The Morgan fingerprint density at radius 2 is 2.05 bits per heavy atom. The molecule has 5 heteroatoms. The highest BCUT2D eigenvalue weighted by atomic mass is 35.5. The summed E-state index contributed by atoms with van der Waals surface area (Å²) in [5.74, 6) is -0.272. The van der Waals surface area contributed by atoms with Gasteiger partial charge in [-0.25, -0.2) is 4.39 Å². The Morgan fingerprint density at radius 3 is 2.60 bits per heavy atom. The number of amides is 1. The zero-order chi connectivity index (χ0) is 15.1. The van der Waals surface area contributed by atoms with Crippen molar-refractivity contribution in [3.8, 4) is 0 Å². The molecule has 1 aromatic carbocycles. The van der Waals surface area contributed by atoms with Gasteiger partial charge in [-0.2, -0.15) is 0 Å². The molecule has 1 atom stereocenters. The minimum absolute atomic E-state index is 0.0256. The molecule has 3 nitrogen and oxygen atoms in total. The van der Waals surface area contributed by atoms with E-state index in [1.54, 1.807) is 17.0 Å². The second-order valence-corrected chi connectivity index (χ2v) is 5.07. The lowest BCUT2D eigenvalue weighted by Gasteiger charge is -2.20. The maximum Gasteiger partial charge on any atom is 0.223 e. The minimum Gasteiger partial charge on any atom is -0.343 e. The number of hydrogen-bond donors (Lipinski definition) is 1. The Balaban J connectivity index is 2.45. The average Bonchev–Trinajstić information content (AvgIpc) is 2.43. The number of carbonyl (C=O) groups is 1. The van der Waals surface area contributed by atoms with Crippen molar-refractivity contribution in [2.24, 2.45) is 0 Å². The van der Waals surface area contributed by atoms with Crippen molar-refractivity contribution in [2.45, 2.75) is 33.2 Å². The molecule has 0 radical (unpaired) electrons. The molecule has 0 spiro atoms. The van der Waals surface area contributed by atoms with E-state index < -0.39 is 5.82 Å². The lowest BCUT2D eigenvalue weighted by atomic mass is 10.1. The second kappa shape index (κ2) is 8.22. The standard InChI is InChI=1S/C15H22ClFN2O/c1-4-19(5-2)15(20)8-9-18-11(3)12-6-7-14(17)13(16)10-12/h6-7,10-11,18H,4-5,8-9H2,1-3H3. The number of hydrogen-bond acceptors (Lipinski definition) is 2. The molecular weight excluding hydrogens is 279 g/mol. The van der Waals surface area contributed by atoms with Gasteiger partial charge in [-0.1, -0.05) is 17.7 Å².